The number of tetrazole rings is 1. The van der Waals surface area contributed by atoms with Gasteiger partial charge in [-0.1, -0.05) is 12.8 Å². The summed E-state index contributed by atoms with van der Waals surface area (Å²) in [5.74, 6) is -0.150. The second-order valence-corrected chi connectivity index (χ2v) is 5.29. The molecule has 1 aromatic heterocycles. The van der Waals surface area contributed by atoms with Crippen molar-refractivity contribution in [2.45, 2.75) is 30.4 Å². The summed E-state index contributed by atoms with van der Waals surface area (Å²) in [5, 5.41) is 15.8. The minimum Gasteiger partial charge on any atom is -0.348 e. The van der Waals surface area contributed by atoms with E-state index in [1.807, 2.05) is 11.8 Å². The van der Waals surface area contributed by atoms with Crippen LogP contribution in [0.3, 0.4) is 0 Å². The molecule has 16 heavy (non-hydrogen) atoms. The quantitative estimate of drug-likeness (QED) is 0.806. The highest BCUT2D eigenvalue weighted by molar-refractivity contribution is 8.00. The molecule has 1 fully saturated rings. The fourth-order valence-electron chi connectivity index (χ4n) is 2.05. The van der Waals surface area contributed by atoms with E-state index >= 15 is 0 Å². The van der Waals surface area contributed by atoms with Gasteiger partial charge in [-0.3, -0.25) is 4.79 Å². The van der Waals surface area contributed by atoms with Crippen LogP contribution in [0.4, 0.5) is 0 Å². The predicted octanol–water partition coefficient (Wildman–Crippen LogP) is 0.605. The van der Waals surface area contributed by atoms with Crippen molar-refractivity contribution in [1.29, 1.82) is 0 Å². The van der Waals surface area contributed by atoms with Crippen LogP contribution in [0, 0.1) is 0 Å². The first kappa shape index (κ1) is 11.4. The lowest BCUT2D eigenvalue weighted by Crippen LogP contribution is -2.38. The Balaban J connectivity index is 1.89. The summed E-state index contributed by atoms with van der Waals surface area (Å²) >= 11 is 1.84. The molecule has 1 aliphatic carbocycles. The van der Waals surface area contributed by atoms with Crippen LogP contribution in [0.1, 0.15) is 36.3 Å². The van der Waals surface area contributed by atoms with Gasteiger partial charge in [0.25, 0.3) is 11.7 Å². The van der Waals surface area contributed by atoms with Gasteiger partial charge in [-0.2, -0.15) is 17.0 Å². The third-order valence-corrected chi connectivity index (χ3v) is 4.49. The largest absolute Gasteiger partial charge is 0.348 e. The number of aromatic amines is 1. The van der Waals surface area contributed by atoms with Gasteiger partial charge < -0.3 is 5.32 Å². The molecule has 1 aliphatic rings. The molecule has 0 atom stereocenters. The van der Waals surface area contributed by atoms with E-state index in [2.05, 4.69) is 32.2 Å². The van der Waals surface area contributed by atoms with Crippen LogP contribution in [0.2, 0.25) is 0 Å². The summed E-state index contributed by atoms with van der Waals surface area (Å²) in [6.45, 7) is 0.682. The molecule has 2 N–H and O–H groups in total. The Bertz CT molecular complexity index is 347. The second kappa shape index (κ2) is 4.82. The van der Waals surface area contributed by atoms with Crippen molar-refractivity contribution in [2.24, 2.45) is 0 Å². The van der Waals surface area contributed by atoms with Crippen molar-refractivity contribution >= 4 is 17.7 Å². The zero-order valence-corrected chi connectivity index (χ0v) is 10.0. The van der Waals surface area contributed by atoms with Gasteiger partial charge in [0.1, 0.15) is 0 Å². The lowest BCUT2D eigenvalue weighted by atomic mass is 10.1. The van der Waals surface area contributed by atoms with Gasteiger partial charge in [-0.15, -0.1) is 10.2 Å². The minimum absolute atomic E-state index is 0.106. The Morgan fingerprint density at radius 2 is 2.31 bits per heavy atom. The first-order chi connectivity index (χ1) is 7.76. The maximum atomic E-state index is 11.6. The molecule has 0 bridgehead atoms. The van der Waals surface area contributed by atoms with Crippen molar-refractivity contribution in [3.05, 3.63) is 5.82 Å². The average Bonchev–Trinajstić information content (AvgIpc) is 2.98. The Hall–Kier alpha value is -1.11. The summed E-state index contributed by atoms with van der Waals surface area (Å²) in [7, 11) is 0. The van der Waals surface area contributed by atoms with Gasteiger partial charge in [0.15, 0.2) is 0 Å². The fourth-order valence-corrected chi connectivity index (χ4v) is 2.96. The standard InChI is InChI=1S/C9H15N5OS/c1-16-9(4-2-3-5-9)6-10-8(15)7-11-13-14-12-7/h2-6H2,1H3,(H,10,15)(H,11,12,13,14). The van der Waals surface area contributed by atoms with Crippen molar-refractivity contribution in [1.82, 2.24) is 25.9 Å². The Morgan fingerprint density at radius 1 is 1.56 bits per heavy atom. The van der Waals surface area contributed by atoms with Crippen molar-refractivity contribution in [3.8, 4) is 0 Å². The van der Waals surface area contributed by atoms with Gasteiger partial charge >= 0.3 is 0 Å². The van der Waals surface area contributed by atoms with Gasteiger partial charge in [-0.05, 0) is 24.3 Å². The van der Waals surface area contributed by atoms with E-state index in [-0.39, 0.29) is 16.5 Å². The SMILES string of the molecule is CSC1(CNC(=O)c2nn[nH]n2)CCCC1. The normalized spacial score (nSPS) is 18.6. The van der Waals surface area contributed by atoms with Gasteiger partial charge in [-0.25, -0.2) is 0 Å². The molecular weight excluding hydrogens is 226 g/mol. The number of aromatic nitrogens is 4. The number of amides is 1. The molecule has 0 aliphatic heterocycles. The Morgan fingerprint density at radius 3 is 2.88 bits per heavy atom. The summed E-state index contributed by atoms with van der Waals surface area (Å²) in [4.78, 5) is 11.6. The first-order valence-corrected chi connectivity index (χ1v) is 6.55. The number of hydrogen-bond donors (Lipinski definition) is 2. The Labute approximate surface area is 98.0 Å². The first-order valence-electron chi connectivity index (χ1n) is 5.33. The third kappa shape index (κ3) is 2.34. The van der Waals surface area contributed by atoms with E-state index in [4.69, 9.17) is 0 Å². The number of rotatable bonds is 4. The van der Waals surface area contributed by atoms with E-state index in [0.29, 0.717) is 6.54 Å². The van der Waals surface area contributed by atoms with Crippen molar-refractivity contribution in [3.63, 3.8) is 0 Å². The van der Waals surface area contributed by atoms with Gasteiger partial charge in [0.05, 0.1) is 0 Å². The molecule has 0 unspecified atom stereocenters. The van der Waals surface area contributed by atoms with E-state index in [9.17, 15) is 4.79 Å². The zero-order valence-electron chi connectivity index (χ0n) is 9.19. The fraction of sp³-hybridized carbons (Fsp3) is 0.778. The van der Waals surface area contributed by atoms with Crippen molar-refractivity contribution < 1.29 is 4.79 Å². The molecule has 1 amide bonds. The van der Waals surface area contributed by atoms with Gasteiger partial charge in [0.2, 0.25) is 0 Å². The van der Waals surface area contributed by atoms with Crippen LogP contribution < -0.4 is 5.32 Å². The predicted molar refractivity (Wildman–Crippen MR) is 61.2 cm³/mol. The number of thioether (sulfide) groups is 1. The second-order valence-electron chi connectivity index (χ2n) is 4.01. The van der Waals surface area contributed by atoms with Gasteiger partial charge in [0, 0.05) is 11.3 Å². The monoisotopic (exact) mass is 241 g/mol. The van der Waals surface area contributed by atoms with Crippen LogP contribution in [-0.4, -0.2) is 44.1 Å². The molecule has 1 aromatic rings. The maximum absolute atomic E-state index is 11.6. The zero-order chi connectivity index (χ0) is 11.4. The average molecular weight is 241 g/mol. The number of hydrogen-bond acceptors (Lipinski definition) is 5. The summed E-state index contributed by atoms with van der Waals surface area (Å²) in [5.41, 5.74) is 0. The topological polar surface area (TPSA) is 83.6 Å². The number of carbonyl (C=O) groups excluding carboxylic acids is 1. The summed E-state index contributed by atoms with van der Waals surface area (Å²) in [6, 6.07) is 0. The number of H-pyrrole nitrogens is 1. The molecule has 0 saturated heterocycles. The third-order valence-electron chi connectivity index (χ3n) is 3.07. The highest BCUT2D eigenvalue weighted by Gasteiger charge is 2.33. The summed E-state index contributed by atoms with van der Waals surface area (Å²) < 4.78 is 0.208. The molecule has 1 saturated carbocycles. The molecule has 6 nitrogen and oxygen atoms in total. The number of nitrogens with one attached hydrogen (secondary N) is 2. The van der Waals surface area contributed by atoms with Crippen LogP contribution in [0.25, 0.3) is 0 Å². The highest BCUT2D eigenvalue weighted by atomic mass is 32.2. The molecule has 0 spiro atoms. The van der Waals surface area contributed by atoms with Crippen LogP contribution >= 0.6 is 11.8 Å². The number of nitrogens with zero attached hydrogens (tertiary/aromatic N) is 3. The molecule has 0 radical (unpaired) electrons. The molecule has 7 heteroatoms. The minimum atomic E-state index is -0.255. The smallest absolute Gasteiger partial charge is 0.292 e. The molecule has 88 valence electrons. The molecule has 0 aromatic carbocycles. The van der Waals surface area contributed by atoms with Crippen LogP contribution in [-0.2, 0) is 0 Å². The number of carbonyl (C=O) groups is 1. The van der Waals surface area contributed by atoms with Crippen LogP contribution in [0.5, 0.6) is 0 Å². The lowest BCUT2D eigenvalue weighted by molar-refractivity contribution is 0.0939. The molecule has 2 rings (SSSR count). The van der Waals surface area contributed by atoms with E-state index in [1.165, 1.54) is 25.7 Å². The van der Waals surface area contributed by atoms with Crippen LogP contribution in [0.15, 0.2) is 0 Å². The molecule has 1 heterocycles. The van der Waals surface area contributed by atoms with E-state index in [1.54, 1.807) is 0 Å². The van der Waals surface area contributed by atoms with E-state index in [0.717, 1.165) is 0 Å². The summed E-state index contributed by atoms with van der Waals surface area (Å²) in [6.07, 6.45) is 6.94. The van der Waals surface area contributed by atoms with E-state index < -0.39 is 0 Å². The van der Waals surface area contributed by atoms with Crippen molar-refractivity contribution in [2.75, 3.05) is 12.8 Å². The maximum Gasteiger partial charge on any atom is 0.292 e. The molecular formula is C9H15N5OS. The Kier molecular flexibility index (Phi) is 3.42. The highest BCUT2D eigenvalue weighted by Crippen LogP contribution is 2.39. The lowest BCUT2D eigenvalue weighted by Gasteiger charge is -2.26.